The van der Waals surface area contributed by atoms with Gasteiger partial charge in [-0.05, 0) is 74.1 Å². The number of carboxylic acid groups (broad SMARTS) is 3. The van der Waals surface area contributed by atoms with Crippen molar-refractivity contribution >= 4 is 63.1 Å². The summed E-state index contributed by atoms with van der Waals surface area (Å²) in [5, 5.41) is 41.6. The molecule has 0 aromatic carbocycles. The summed E-state index contributed by atoms with van der Waals surface area (Å²) in [6.07, 6.45) is 1.81. The van der Waals surface area contributed by atoms with Crippen LogP contribution in [0.4, 0.5) is 0 Å². The summed E-state index contributed by atoms with van der Waals surface area (Å²) in [7, 11) is 0. The number of carbonyl (C=O) groups excluding carboxylic acids is 1. The van der Waals surface area contributed by atoms with Crippen LogP contribution in [0, 0.1) is 13.8 Å². The van der Waals surface area contributed by atoms with Crippen LogP contribution in [0.3, 0.4) is 0 Å². The highest BCUT2D eigenvalue weighted by Gasteiger charge is 2.36. The van der Waals surface area contributed by atoms with Gasteiger partial charge in [0.1, 0.15) is 6.04 Å². The average molecular weight is 684 g/mol. The number of aryl methyl sites for hydroxylation is 3. The van der Waals surface area contributed by atoms with Crippen LogP contribution in [0.5, 0.6) is 0 Å². The van der Waals surface area contributed by atoms with E-state index in [9.17, 15) is 39.6 Å². The Labute approximate surface area is 287 Å². The van der Waals surface area contributed by atoms with Gasteiger partial charge in [0.05, 0.1) is 35.7 Å². The zero-order valence-electron chi connectivity index (χ0n) is 28.6. The lowest BCUT2D eigenvalue weighted by atomic mass is 9.84. The molecule has 0 unspecified atom stereocenters. The van der Waals surface area contributed by atoms with Gasteiger partial charge in [0.2, 0.25) is 5.91 Å². The van der Waals surface area contributed by atoms with Crippen molar-refractivity contribution in [1.82, 2.24) is 25.3 Å². The van der Waals surface area contributed by atoms with Gasteiger partial charge in [-0.15, -0.1) is 0 Å². The average Bonchev–Trinajstić information content (AvgIpc) is 3.74. The first-order valence-electron chi connectivity index (χ1n) is 16.4. The SMILES string of the molecule is C=Cc1c(C)c2cc3nc(c(CC(=O)N[C@@H](CO)C(=O)O)c4nc(cc5[nH]c(cc1[nH]2)c(C)c5CC)C(C)=C4C(=O)O)[C@@H](CCC(=O)O)[C@@H]3C. The van der Waals surface area contributed by atoms with Crippen LogP contribution in [0.25, 0.3) is 39.3 Å². The number of H-pyrrole nitrogens is 2. The summed E-state index contributed by atoms with van der Waals surface area (Å²) < 4.78 is 0. The van der Waals surface area contributed by atoms with E-state index in [0.29, 0.717) is 29.1 Å². The number of aliphatic hydroxyl groups is 1. The maximum Gasteiger partial charge on any atom is 0.338 e. The quantitative estimate of drug-likeness (QED) is 0.143. The van der Waals surface area contributed by atoms with E-state index in [-0.39, 0.29) is 35.6 Å². The fraction of sp³-hybridized carbons (Fsp3) is 0.351. The Balaban J connectivity index is 1.98. The number of allylic oxidation sites excluding steroid dienone is 1. The molecule has 3 atom stereocenters. The highest BCUT2D eigenvalue weighted by atomic mass is 16.4. The third-order valence-electron chi connectivity index (χ3n) is 9.77. The van der Waals surface area contributed by atoms with Gasteiger partial charge in [0.15, 0.2) is 0 Å². The van der Waals surface area contributed by atoms with E-state index in [1.807, 2.05) is 39.8 Å². The first kappa shape index (κ1) is 35.7. The number of aliphatic carboxylic acids is 3. The van der Waals surface area contributed by atoms with Gasteiger partial charge in [-0.1, -0.05) is 26.5 Å². The Bertz CT molecular complexity index is 2140. The second-order valence-corrected chi connectivity index (χ2v) is 12.7. The molecule has 0 fully saturated rings. The van der Waals surface area contributed by atoms with Crippen molar-refractivity contribution in [3.63, 3.8) is 0 Å². The fourth-order valence-corrected chi connectivity index (χ4v) is 6.97. The standard InChI is InChI=1S/C37H41N5O8/c1-7-20-16(3)24-12-26-18(5)22(9-10-32(45)46)34(41-26)23(11-31(44)40-30(15-43)36(47)48)35-33(37(49)50)19(6)27(42-35)14-29-21(8-2)17(4)25(39-29)13-28(20)38-24/h7,12-14,18,22,30,38-39,43H,1,8-11,15H2,2-6H3,(H,40,44)(H,45,46)(H,47,48)(H,49,50)/t18-,22-,30-/m0/s1. The van der Waals surface area contributed by atoms with Crippen molar-refractivity contribution in [3.8, 4) is 0 Å². The maximum absolute atomic E-state index is 13.5. The monoisotopic (exact) mass is 683 g/mol. The van der Waals surface area contributed by atoms with Gasteiger partial charge >= 0.3 is 17.9 Å². The molecule has 5 heterocycles. The van der Waals surface area contributed by atoms with Crippen molar-refractivity contribution in [3.05, 3.63) is 75.4 Å². The molecule has 0 radical (unpaired) electrons. The number of hydrogen-bond donors (Lipinski definition) is 7. The Morgan fingerprint density at radius 1 is 0.960 bits per heavy atom. The number of nitrogens with zero attached hydrogens (tertiary/aromatic N) is 2. The summed E-state index contributed by atoms with van der Waals surface area (Å²) >= 11 is 0. The van der Waals surface area contributed by atoms with Crippen molar-refractivity contribution in [2.45, 2.75) is 78.2 Å². The number of amides is 1. The van der Waals surface area contributed by atoms with E-state index in [2.05, 4.69) is 21.9 Å². The molecular weight excluding hydrogens is 642 g/mol. The second-order valence-electron chi connectivity index (χ2n) is 12.7. The van der Waals surface area contributed by atoms with Crippen molar-refractivity contribution in [1.29, 1.82) is 0 Å². The minimum atomic E-state index is -1.60. The molecule has 13 nitrogen and oxygen atoms in total. The first-order valence-corrected chi connectivity index (χ1v) is 16.4. The number of hydrogen-bond acceptors (Lipinski definition) is 7. The number of fused-ring (bicyclic) bond motifs is 8. The number of aromatic nitrogens is 4. The number of carboxylic acids is 3. The zero-order valence-corrected chi connectivity index (χ0v) is 28.6. The molecule has 50 heavy (non-hydrogen) atoms. The Morgan fingerprint density at radius 2 is 1.64 bits per heavy atom. The Hall–Kier alpha value is -5.56. The molecule has 3 aromatic rings. The smallest absolute Gasteiger partial charge is 0.338 e. The molecule has 7 N–H and O–H groups in total. The molecular formula is C37H41N5O8. The largest absolute Gasteiger partial charge is 0.481 e. The number of carbonyl (C=O) groups is 4. The normalized spacial score (nSPS) is 16.3. The number of aromatic amines is 2. The fourth-order valence-electron chi connectivity index (χ4n) is 6.97. The van der Waals surface area contributed by atoms with Gasteiger partial charge in [0, 0.05) is 57.1 Å². The highest BCUT2D eigenvalue weighted by molar-refractivity contribution is 6.24. The third kappa shape index (κ3) is 6.56. The van der Waals surface area contributed by atoms with Gasteiger partial charge in [-0.25, -0.2) is 14.6 Å². The van der Waals surface area contributed by atoms with Crippen LogP contribution in [0.2, 0.25) is 0 Å². The second kappa shape index (κ2) is 14.1. The van der Waals surface area contributed by atoms with E-state index in [4.69, 9.17) is 9.97 Å². The summed E-state index contributed by atoms with van der Waals surface area (Å²) in [5.74, 6) is -5.50. The molecule has 2 aliphatic heterocycles. The van der Waals surface area contributed by atoms with Gasteiger partial charge in [-0.2, -0.15) is 0 Å². The molecule has 8 bridgehead atoms. The lowest BCUT2D eigenvalue weighted by Crippen LogP contribution is -2.44. The lowest BCUT2D eigenvalue weighted by molar-refractivity contribution is -0.142. The molecule has 0 saturated heterocycles. The Morgan fingerprint density at radius 3 is 2.24 bits per heavy atom. The van der Waals surface area contributed by atoms with Crippen LogP contribution in [-0.4, -0.2) is 76.8 Å². The van der Waals surface area contributed by atoms with E-state index >= 15 is 0 Å². The minimum Gasteiger partial charge on any atom is -0.481 e. The topological polar surface area (TPSA) is 219 Å². The molecule has 3 aromatic heterocycles. The third-order valence-corrected chi connectivity index (χ3v) is 9.77. The minimum absolute atomic E-state index is 0.0210. The number of aliphatic hydroxyl groups excluding tert-OH is 1. The van der Waals surface area contributed by atoms with Gasteiger partial charge < -0.3 is 35.7 Å². The summed E-state index contributed by atoms with van der Waals surface area (Å²) in [4.78, 5) is 66.6. The molecule has 0 saturated carbocycles. The highest BCUT2D eigenvalue weighted by Crippen LogP contribution is 2.43. The molecule has 262 valence electrons. The Kier molecular flexibility index (Phi) is 10.1. The lowest BCUT2D eigenvalue weighted by Gasteiger charge is -2.18. The van der Waals surface area contributed by atoms with E-state index in [1.165, 1.54) is 0 Å². The first-order chi connectivity index (χ1) is 23.7. The summed E-state index contributed by atoms with van der Waals surface area (Å²) in [6.45, 7) is 12.7. The molecule has 2 aliphatic rings. The van der Waals surface area contributed by atoms with Gasteiger partial charge in [0.25, 0.3) is 0 Å². The molecule has 0 spiro atoms. The maximum atomic E-state index is 13.5. The van der Waals surface area contributed by atoms with Crippen LogP contribution in [-0.2, 0) is 32.0 Å². The zero-order chi connectivity index (χ0) is 36.6. The van der Waals surface area contributed by atoms with Crippen LogP contribution >= 0.6 is 0 Å². The predicted molar refractivity (Wildman–Crippen MR) is 188 cm³/mol. The predicted octanol–water partition coefficient (Wildman–Crippen LogP) is 5.01. The van der Waals surface area contributed by atoms with E-state index in [0.717, 1.165) is 44.3 Å². The van der Waals surface area contributed by atoms with Crippen LogP contribution < -0.4 is 5.32 Å². The molecule has 5 rings (SSSR count). The molecule has 13 heteroatoms. The van der Waals surface area contributed by atoms with Crippen molar-refractivity contribution in [2.75, 3.05) is 6.61 Å². The van der Waals surface area contributed by atoms with E-state index in [1.54, 1.807) is 19.1 Å². The van der Waals surface area contributed by atoms with Gasteiger partial charge in [-0.3, -0.25) is 14.6 Å². The van der Waals surface area contributed by atoms with Crippen LogP contribution in [0.1, 0.15) is 96.0 Å². The number of rotatable bonds is 11. The molecule has 1 amide bonds. The van der Waals surface area contributed by atoms with Crippen molar-refractivity contribution in [2.24, 2.45) is 0 Å². The number of nitrogens with one attached hydrogen (secondary N) is 3. The van der Waals surface area contributed by atoms with Crippen LogP contribution in [0.15, 0.2) is 24.8 Å². The molecule has 0 aliphatic carbocycles. The van der Waals surface area contributed by atoms with Crippen molar-refractivity contribution < 1.29 is 39.6 Å². The summed E-state index contributed by atoms with van der Waals surface area (Å²) in [6, 6.07) is 4.04. The van der Waals surface area contributed by atoms with E-state index < -0.39 is 48.8 Å². The summed E-state index contributed by atoms with van der Waals surface area (Å²) in [5.41, 5.74) is 8.45.